The Labute approximate surface area is 68.5 Å². The summed E-state index contributed by atoms with van der Waals surface area (Å²) in [5.41, 5.74) is 5.29. The molecule has 0 aromatic heterocycles. The molecule has 0 aromatic rings. The zero-order chi connectivity index (χ0) is 8.36. The molecule has 0 unspecified atom stereocenters. The minimum Gasteiger partial charge on any atom is -0.383 e. The van der Waals surface area contributed by atoms with Crippen LogP contribution in [-0.4, -0.2) is 46.4 Å². The van der Waals surface area contributed by atoms with Gasteiger partial charge in [0.2, 0.25) is 0 Å². The molecule has 4 heteroatoms. The van der Waals surface area contributed by atoms with Gasteiger partial charge < -0.3 is 21.1 Å². The summed E-state index contributed by atoms with van der Waals surface area (Å²) >= 11 is 0. The molecule has 0 aromatic carbocycles. The maximum absolute atomic E-state index is 5.29. The lowest BCUT2D eigenvalue weighted by Crippen LogP contribution is -2.32. The summed E-state index contributed by atoms with van der Waals surface area (Å²) in [5.74, 6) is 0. The maximum atomic E-state index is 5.29. The molecule has 0 spiro atoms. The van der Waals surface area contributed by atoms with E-state index in [2.05, 4.69) is 10.6 Å². The highest BCUT2D eigenvalue weighted by Crippen LogP contribution is 1.63. The number of methoxy groups -OCH3 is 1. The second-order valence-corrected chi connectivity index (χ2v) is 2.28. The Morgan fingerprint density at radius 2 is 1.73 bits per heavy atom. The summed E-state index contributed by atoms with van der Waals surface area (Å²) in [4.78, 5) is 0. The molecule has 11 heavy (non-hydrogen) atoms. The smallest absolute Gasteiger partial charge is 0.0587 e. The van der Waals surface area contributed by atoms with E-state index in [-0.39, 0.29) is 0 Å². The summed E-state index contributed by atoms with van der Waals surface area (Å²) in [7, 11) is 1.70. The Bertz CT molecular complexity index is 62.7. The summed E-state index contributed by atoms with van der Waals surface area (Å²) in [5, 5.41) is 6.40. The molecule has 0 saturated carbocycles. The van der Waals surface area contributed by atoms with Gasteiger partial charge in [0.25, 0.3) is 0 Å². The molecule has 0 bridgehead atoms. The van der Waals surface area contributed by atoms with Crippen molar-refractivity contribution in [2.75, 3.05) is 46.4 Å². The van der Waals surface area contributed by atoms with Crippen molar-refractivity contribution in [1.29, 1.82) is 0 Å². The van der Waals surface area contributed by atoms with Crippen LogP contribution in [0.1, 0.15) is 0 Å². The quantitative estimate of drug-likeness (QED) is 0.390. The predicted molar refractivity (Wildman–Crippen MR) is 46.7 cm³/mol. The van der Waals surface area contributed by atoms with Gasteiger partial charge in [0, 0.05) is 39.8 Å². The van der Waals surface area contributed by atoms with E-state index in [1.807, 2.05) is 0 Å². The van der Waals surface area contributed by atoms with Gasteiger partial charge in [-0.15, -0.1) is 0 Å². The lowest BCUT2D eigenvalue weighted by atomic mass is 10.5. The molecule has 0 amide bonds. The second-order valence-electron chi connectivity index (χ2n) is 2.28. The van der Waals surface area contributed by atoms with Gasteiger partial charge in [0.1, 0.15) is 0 Å². The van der Waals surface area contributed by atoms with Crippen molar-refractivity contribution in [1.82, 2.24) is 10.6 Å². The number of hydrogen-bond acceptors (Lipinski definition) is 4. The molecule has 4 N–H and O–H groups in total. The zero-order valence-corrected chi connectivity index (χ0v) is 7.23. The van der Waals surface area contributed by atoms with Gasteiger partial charge in [0.05, 0.1) is 6.61 Å². The van der Waals surface area contributed by atoms with E-state index in [0.717, 1.165) is 32.8 Å². The summed E-state index contributed by atoms with van der Waals surface area (Å²) < 4.78 is 4.87. The number of rotatable bonds is 8. The van der Waals surface area contributed by atoms with Crippen molar-refractivity contribution in [3.8, 4) is 0 Å². The topological polar surface area (TPSA) is 59.3 Å². The first-order valence-corrected chi connectivity index (χ1v) is 4.02. The highest BCUT2D eigenvalue weighted by molar-refractivity contribution is 4.51. The Morgan fingerprint density at radius 3 is 2.27 bits per heavy atom. The van der Waals surface area contributed by atoms with Crippen molar-refractivity contribution in [3.63, 3.8) is 0 Å². The van der Waals surface area contributed by atoms with Crippen molar-refractivity contribution < 1.29 is 4.74 Å². The van der Waals surface area contributed by atoms with Gasteiger partial charge in [-0.1, -0.05) is 0 Å². The van der Waals surface area contributed by atoms with Gasteiger partial charge in [0.15, 0.2) is 0 Å². The van der Waals surface area contributed by atoms with E-state index in [1.165, 1.54) is 0 Å². The first kappa shape index (κ1) is 10.8. The maximum Gasteiger partial charge on any atom is 0.0587 e. The van der Waals surface area contributed by atoms with Crippen LogP contribution in [-0.2, 0) is 4.74 Å². The Morgan fingerprint density at radius 1 is 1.09 bits per heavy atom. The zero-order valence-electron chi connectivity index (χ0n) is 7.23. The van der Waals surface area contributed by atoms with E-state index < -0.39 is 0 Å². The first-order chi connectivity index (χ1) is 5.41. The largest absolute Gasteiger partial charge is 0.383 e. The fourth-order valence-corrected chi connectivity index (χ4v) is 0.703. The third kappa shape index (κ3) is 9.84. The minimum atomic E-state index is 0.706. The van der Waals surface area contributed by atoms with Crippen molar-refractivity contribution in [3.05, 3.63) is 0 Å². The third-order valence-corrected chi connectivity index (χ3v) is 1.28. The molecule has 68 valence electrons. The highest BCUT2D eigenvalue weighted by Gasteiger charge is 1.85. The average molecular weight is 161 g/mol. The predicted octanol–water partition coefficient (Wildman–Crippen LogP) is -1.23. The van der Waals surface area contributed by atoms with Gasteiger partial charge in [-0.25, -0.2) is 0 Å². The Hall–Kier alpha value is -0.160. The Balaban J connectivity index is 2.69. The molecule has 0 radical (unpaired) electrons. The molecule has 0 rings (SSSR count). The lowest BCUT2D eigenvalue weighted by molar-refractivity contribution is 0.199. The third-order valence-electron chi connectivity index (χ3n) is 1.28. The van der Waals surface area contributed by atoms with Crippen LogP contribution in [0.2, 0.25) is 0 Å². The molecule has 0 aliphatic heterocycles. The van der Waals surface area contributed by atoms with Crippen LogP contribution < -0.4 is 16.4 Å². The SMILES string of the molecule is COCCNCCNCCN. The van der Waals surface area contributed by atoms with Gasteiger partial charge in [-0.2, -0.15) is 0 Å². The molecular formula is C7H19N3O. The molecule has 0 aliphatic rings. The fraction of sp³-hybridized carbons (Fsp3) is 1.00. The summed E-state index contributed by atoms with van der Waals surface area (Å²) in [6, 6.07) is 0. The van der Waals surface area contributed by atoms with Crippen LogP contribution in [0, 0.1) is 0 Å². The molecule has 0 fully saturated rings. The monoisotopic (exact) mass is 161 g/mol. The molecule has 4 nitrogen and oxygen atoms in total. The molecule has 0 saturated heterocycles. The van der Waals surface area contributed by atoms with Crippen LogP contribution in [0.25, 0.3) is 0 Å². The van der Waals surface area contributed by atoms with Crippen LogP contribution in [0.3, 0.4) is 0 Å². The number of nitrogens with one attached hydrogen (secondary N) is 2. The van der Waals surface area contributed by atoms with E-state index in [4.69, 9.17) is 10.5 Å². The van der Waals surface area contributed by atoms with Crippen LogP contribution in [0.5, 0.6) is 0 Å². The van der Waals surface area contributed by atoms with Crippen LogP contribution >= 0.6 is 0 Å². The summed E-state index contributed by atoms with van der Waals surface area (Å²) in [6.07, 6.45) is 0. The number of hydrogen-bond donors (Lipinski definition) is 3. The number of nitrogens with two attached hydrogens (primary N) is 1. The first-order valence-electron chi connectivity index (χ1n) is 4.02. The van der Waals surface area contributed by atoms with E-state index in [1.54, 1.807) is 7.11 Å². The molecular weight excluding hydrogens is 142 g/mol. The minimum absolute atomic E-state index is 0.706. The average Bonchev–Trinajstić information content (AvgIpc) is 2.03. The van der Waals surface area contributed by atoms with Crippen LogP contribution in [0.4, 0.5) is 0 Å². The van der Waals surface area contributed by atoms with Crippen molar-refractivity contribution >= 4 is 0 Å². The van der Waals surface area contributed by atoms with Crippen molar-refractivity contribution in [2.45, 2.75) is 0 Å². The molecule has 0 atom stereocenters. The van der Waals surface area contributed by atoms with Crippen LogP contribution in [0.15, 0.2) is 0 Å². The van der Waals surface area contributed by atoms with E-state index >= 15 is 0 Å². The second kappa shape index (κ2) is 9.84. The van der Waals surface area contributed by atoms with E-state index in [9.17, 15) is 0 Å². The lowest BCUT2D eigenvalue weighted by Gasteiger charge is -2.04. The Kier molecular flexibility index (Phi) is 9.70. The molecule has 0 heterocycles. The van der Waals surface area contributed by atoms with Gasteiger partial charge in [-0.3, -0.25) is 0 Å². The van der Waals surface area contributed by atoms with Gasteiger partial charge >= 0.3 is 0 Å². The standard InChI is InChI=1S/C7H19N3O/c1-11-7-6-10-5-4-9-3-2-8/h9-10H,2-8H2,1H3. The molecule has 0 aliphatic carbocycles. The van der Waals surface area contributed by atoms with Gasteiger partial charge in [-0.05, 0) is 0 Å². The summed E-state index contributed by atoms with van der Waals surface area (Å²) in [6.45, 7) is 5.24. The number of ether oxygens (including phenoxy) is 1. The normalized spacial score (nSPS) is 10.4. The van der Waals surface area contributed by atoms with E-state index in [0.29, 0.717) is 6.54 Å². The fourth-order valence-electron chi connectivity index (χ4n) is 0.703. The highest BCUT2D eigenvalue weighted by atomic mass is 16.5. The van der Waals surface area contributed by atoms with Crippen molar-refractivity contribution in [2.24, 2.45) is 5.73 Å².